The number of thiophene rings is 1. The minimum Gasteiger partial charge on any atom is -0.493 e. The van der Waals surface area contributed by atoms with E-state index >= 15 is 0 Å². The van der Waals surface area contributed by atoms with E-state index in [0.717, 1.165) is 168 Å². The van der Waals surface area contributed by atoms with Crippen LogP contribution < -0.4 is 31.3 Å². The molecule has 2 aliphatic carbocycles. The van der Waals surface area contributed by atoms with Gasteiger partial charge in [-0.1, -0.05) is 176 Å². The SMILES string of the molecule is CC(=O)c1ccc(-c2n[nH]c3ccc(NC(=O)CCOc4ccccc4)cc23)cc1.CC(CO)(CO)C(=O)Nc1ccc2[nH]nc(-c3ccc4ccccc4c3)c2c1.O=C(CC1CCCC1=O)Nc1ccc2[nH]nc(-c3ccc4ccccc4c3)c2c1.O=C(Nc1ccc2[nH]nc(-c3cc4ccccc4s3)c2c1)C1CCOC1.O=C1CC(C(=O)Nc2ccc3[nH]nc(-c4cc5ccccc5o4)c3c2)c2ccccc21. The number of aromatic nitrogens is 10. The molecule has 21 aromatic rings. The summed E-state index contributed by atoms with van der Waals surface area (Å²) in [5.41, 5.74) is 16.4. The molecule has 3 atom stereocenters. The first-order valence-corrected chi connectivity index (χ1v) is 48.2. The topological polar surface area (TPSA) is 412 Å². The van der Waals surface area contributed by atoms with E-state index in [4.69, 9.17) is 13.9 Å². The fraction of sp³-hybridized carbons (Fsp3) is 0.157. The molecule has 29 heteroatoms. The van der Waals surface area contributed by atoms with Crippen molar-refractivity contribution >= 4 is 184 Å². The number of para-hydroxylation sites is 2. The molecule has 7 aromatic heterocycles. The molecule has 0 spiro atoms. The van der Waals surface area contributed by atoms with Gasteiger partial charge in [-0.15, -0.1) is 11.3 Å². The molecule has 14 aromatic carbocycles. The Balaban J connectivity index is 0.000000110. The molecule has 1 saturated heterocycles. The van der Waals surface area contributed by atoms with Crippen LogP contribution in [0, 0.1) is 17.3 Å². The molecular formula is C115H97N15O13S. The molecule has 1 aliphatic heterocycles. The molecule has 28 nitrogen and oxygen atoms in total. The van der Waals surface area contributed by atoms with Crippen molar-refractivity contribution in [1.29, 1.82) is 0 Å². The zero-order valence-corrected chi connectivity index (χ0v) is 79.1. The molecule has 144 heavy (non-hydrogen) atoms. The molecule has 24 rings (SSSR count). The van der Waals surface area contributed by atoms with Crippen molar-refractivity contribution in [2.24, 2.45) is 17.3 Å². The summed E-state index contributed by atoms with van der Waals surface area (Å²) >= 11 is 1.72. The maximum atomic E-state index is 13.0. The van der Waals surface area contributed by atoms with E-state index in [9.17, 15) is 48.6 Å². The third-order valence-electron chi connectivity index (χ3n) is 26.2. The van der Waals surface area contributed by atoms with E-state index in [1.54, 1.807) is 42.5 Å². The minimum absolute atomic E-state index is 0.00760. The Labute approximate surface area is 827 Å². The normalized spacial score (nSPS) is 14.3. The zero-order chi connectivity index (χ0) is 98.9. The monoisotopic (exact) mass is 1930 g/mol. The van der Waals surface area contributed by atoms with Crippen LogP contribution in [0.2, 0.25) is 0 Å². The number of aliphatic hydroxyl groups excluding tert-OH is 2. The number of ether oxygens (including phenoxy) is 2. The summed E-state index contributed by atoms with van der Waals surface area (Å²) < 4.78 is 18.1. The lowest BCUT2D eigenvalue weighted by molar-refractivity contribution is -0.129. The van der Waals surface area contributed by atoms with Crippen molar-refractivity contribution in [3.05, 3.63) is 332 Å². The summed E-state index contributed by atoms with van der Waals surface area (Å²) in [5, 5.41) is 82.4. The van der Waals surface area contributed by atoms with Gasteiger partial charge in [0.2, 0.25) is 29.5 Å². The molecule has 5 amide bonds. The average molecular weight is 1930 g/mol. The minimum atomic E-state index is -1.24. The number of fused-ring (bicyclic) bond motifs is 10. The fourth-order valence-electron chi connectivity index (χ4n) is 18.2. The number of hydrogen-bond donors (Lipinski definition) is 12. The first kappa shape index (κ1) is 94.1. The number of furan rings is 1. The number of carbonyl (C=O) groups excluding carboxylic acids is 8. The van der Waals surface area contributed by atoms with Crippen LogP contribution in [0.5, 0.6) is 5.75 Å². The molecule has 3 aliphatic rings. The fourth-order valence-corrected chi connectivity index (χ4v) is 19.2. The van der Waals surface area contributed by atoms with Crippen LogP contribution in [0.3, 0.4) is 0 Å². The lowest BCUT2D eigenvalue weighted by atomic mass is 9.92. The molecule has 1 saturated carbocycles. The van der Waals surface area contributed by atoms with E-state index in [2.05, 4.69) is 150 Å². The van der Waals surface area contributed by atoms with Crippen molar-refractivity contribution in [3.63, 3.8) is 0 Å². The van der Waals surface area contributed by atoms with Crippen molar-refractivity contribution < 1.29 is 62.5 Å². The molecule has 716 valence electrons. The molecule has 8 heterocycles. The van der Waals surface area contributed by atoms with Gasteiger partial charge in [-0.2, -0.15) is 25.5 Å². The van der Waals surface area contributed by atoms with Crippen LogP contribution >= 0.6 is 11.3 Å². The van der Waals surface area contributed by atoms with Gasteiger partial charge in [0.05, 0.1) is 99.6 Å². The third-order valence-corrected chi connectivity index (χ3v) is 27.3. The standard InChI is InChI=1S/C25H17N3O3.C24H21N3O3.C24H21N3O2.C22H21N3O3.C20H17N3O2S/c29-21-13-18(16-6-2-3-7-17(16)21)25(30)26-15-9-10-20-19(12-15)24(28-27-20)23-11-14-5-1-4-8-22(14)31-23;1-16(28)17-7-9-18(10-8-17)24-21-15-19(11-12-22(21)26-27-24)25-23(29)13-14-30-20-5-3-2-4-6-20;28-22-7-3-6-17(22)13-23(29)25-19-10-11-21-20(14-19)24(27-26-21)18-9-8-15-4-1-2-5-16(15)12-18;1-22(12-26,13-27)21(28)23-17-8-9-19-18(11-17)20(25-24-19)16-7-6-14-4-2-3-5-15(14)10-16;24-20(13-7-8-25-11-13)21-14-5-6-16-15(10-14)19(23-22-16)18-9-12-3-1-2-4-17(12)26-18/h1-12,18H,13H2,(H,26,30)(H,27,28);2-12,15H,13-14H2,1H3,(H,25,29)(H,26,27);1-2,4-5,8-12,14,17H,3,6-7,13H2,(H,25,29)(H,26,27);2-11,26-27H,12-13H2,1H3,(H,23,28)(H,24,25);1-6,9-10,13H,7-8,11H2,(H,21,24)(H,22,23). The van der Waals surface area contributed by atoms with E-state index in [1.807, 2.05) is 218 Å². The predicted molar refractivity (Wildman–Crippen MR) is 564 cm³/mol. The number of benzene rings is 14. The summed E-state index contributed by atoms with van der Waals surface area (Å²) in [7, 11) is 0. The number of amides is 5. The number of anilines is 5. The molecule has 2 fully saturated rings. The van der Waals surface area contributed by atoms with E-state index < -0.39 is 30.5 Å². The number of Topliss-reactive ketones (excluding diaryl/α,β-unsaturated/α-hetero) is 3. The Morgan fingerprint density at radius 3 is 1.48 bits per heavy atom. The Morgan fingerprint density at radius 1 is 0.451 bits per heavy atom. The third kappa shape index (κ3) is 20.7. The number of ketones is 3. The van der Waals surface area contributed by atoms with Crippen LogP contribution in [0.25, 0.3) is 153 Å². The maximum Gasteiger partial charge on any atom is 0.234 e. The van der Waals surface area contributed by atoms with Gasteiger partial charge in [0.1, 0.15) is 28.5 Å². The van der Waals surface area contributed by atoms with Crippen LogP contribution in [0.15, 0.2) is 320 Å². The largest absolute Gasteiger partial charge is 0.493 e. The van der Waals surface area contributed by atoms with Gasteiger partial charge < -0.3 is 50.7 Å². The molecular weight excluding hydrogens is 1830 g/mol. The molecule has 12 N–H and O–H groups in total. The van der Waals surface area contributed by atoms with Crippen molar-refractivity contribution in [1.82, 2.24) is 51.0 Å². The van der Waals surface area contributed by atoms with Crippen LogP contribution in [-0.2, 0) is 33.5 Å². The smallest absolute Gasteiger partial charge is 0.234 e. The number of aliphatic hydroxyl groups is 2. The van der Waals surface area contributed by atoms with Crippen molar-refractivity contribution in [2.45, 2.75) is 64.7 Å². The van der Waals surface area contributed by atoms with Gasteiger partial charge in [0, 0.05) is 125 Å². The van der Waals surface area contributed by atoms with Gasteiger partial charge in [-0.3, -0.25) is 63.8 Å². The van der Waals surface area contributed by atoms with Crippen LogP contribution in [0.1, 0.15) is 91.0 Å². The Bertz CT molecular complexity index is 8390. The van der Waals surface area contributed by atoms with E-state index in [0.29, 0.717) is 65.9 Å². The van der Waals surface area contributed by atoms with Gasteiger partial charge >= 0.3 is 0 Å². The first-order valence-electron chi connectivity index (χ1n) is 47.4. The lowest BCUT2D eigenvalue weighted by Gasteiger charge is -2.23. The number of nitrogens with zero attached hydrogens (tertiary/aromatic N) is 5. The molecule has 0 radical (unpaired) electrons. The summed E-state index contributed by atoms with van der Waals surface area (Å²) in [6.07, 6.45) is 3.81. The quantitative estimate of drug-likeness (QED) is 0.0280. The summed E-state index contributed by atoms with van der Waals surface area (Å²) in [5.74, 6) is 0.148. The van der Waals surface area contributed by atoms with E-state index in [1.165, 1.54) is 22.4 Å². The van der Waals surface area contributed by atoms with Gasteiger partial charge in [0.25, 0.3) is 0 Å². The van der Waals surface area contributed by atoms with Crippen LogP contribution in [-0.4, -0.2) is 141 Å². The summed E-state index contributed by atoms with van der Waals surface area (Å²) in [6, 6.07) is 101. The summed E-state index contributed by atoms with van der Waals surface area (Å²) in [6.45, 7) is 3.65. The Hall–Kier alpha value is -17.5. The van der Waals surface area contributed by atoms with Crippen molar-refractivity contribution in [2.75, 3.05) is 59.6 Å². The summed E-state index contributed by atoms with van der Waals surface area (Å²) in [4.78, 5) is 99.1. The number of nitrogens with one attached hydrogen (secondary N) is 10. The number of rotatable bonds is 22. The van der Waals surface area contributed by atoms with Gasteiger partial charge in [0.15, 0.2) is 17.3 Å². The maximum absolute atomic E-state index is 13.0. The number of aromatic amines is 5. The molecule has 3 unspecified atom stereocenters. The molecule has 0 bridgehead atoms. The highest BCUT2D eigenvalue weighted by Gasteiger charge is 2.36. The van der Waals surface area contributed by atoms with E-state index in [-0.39, 0.29) is 72.1 Å². The highest BCUT2D eigenvalue weighted by molar-refractivity contribution is 7.22. The lowest BCUT2D eigenvalue weighted by Crippen LogP contribution is -2.39. The Morgan fingerprint density at radius 2 is 0.931 bits per heavy atom. The van der Waals surface area contributed by atoms with Gasteiger partial charge in [-0.25, -0.2) is 0 Å². The number of H-pyrrole nitrogens is 5. The highest BCUT2D eigenvalue weighted by atomic mass is 32.1. The average Bonchev–Trinajstić information content (AvgIpc) is 1.63. The second-order valence-corrected chi connectivity index (χ2v) is 37.2. The van der Waals surface area contributed by atoms with Crippen LogP contribution in [0.4, 0.5) is 28.4 Å². The highest BCUT2D eigenvalue weighted by Crippen LogP contribution is 2.42. The van der Waals surface area contributed by atoms with Crippen molar-refractivity contribution in [3.8, 4) is 61.5 Å². The van der Waals surface area contributed by atoms with Gasteiger partial charge in [-0.05, 0) is 205 Å². The zero-order valence-electron chi connectivity index (χ0n) is 78.3. The predicted octanol–water partition coefficient (Wildman–Crippen LogP) is 22.9. The number of hydrogen-bond acceptors (Lipinski definition) is 19. The second kappa shape index (κ2) is 41.9. The second-order valence-electron chi connectivity index (χ2n) is 36.1. The number of carbonyl (C=O) groups is 8. The Kier molecular flexibility index (Phi) is 27.4. The first-order chi connectivity index (χ1) is 70.2.